The standard InChI is InChI=1S/C22H17F3N2O3S/c1-14-6-9-19(10-7-14)30-20(29)11-8-17-13-31-21(26-17)27(15(2)28)18-5-3-4-16(12-18)22(23,24)25/h3-13H,1-2H3/b11-8+. The average molecular weight is 446 g/mol. The topological polar surface area (TPSA) is 59.5 Å². The zero-order chi connectivity index (χ0) is 22.6. The van der Waals surface area contributed by atoms with E-state index in [0.717, 1.165) is 33.9 Å². The van der Waals surface area contributed by atoms with Crippen molar-refractivity contribution in [2.24, 2.45) is 0 Å². The summed E-state index contributed by atoms with van der Waals surface area (Å²) >= 11 is 1.06. The summed E-state index contributed by atoms with van der Waals surface area (Å²) in [4.78, 5) is 29.4. The predicted molar refractivity (Wildman–Crippen MR) is 112 cm³/mol. The molecule has 2 aromatic carbocycles. The highest BCUT2D eigenvalue weighted by molar-refractivity contribution is 7.14. The largest absolute Gasteiger partial charge is 0.423 e. The third-order valence-electron chi connectivity index (χ3n) is 4.08. The van der Waals surface area contributed by atoms with Crippen LogP contribution in [-0.2, 0) is 15.8 Å². The van der Waals surface area contributed by atoms with Gasteiger partial charge in [0, 0.05) is 18.4 Å². The summed E-state index contributed by atoms with van der Waals surface area (Å²) in [6.45, 7) is 3.14. The molecule has 0 saturated carbocycles. The van der Waals surface area contributed by atoms with Crippen molar-refractivity contribution in [1.29, 1.82) is 0 Å². The molecule has 1 aromatic heterocycles. The minimum atomic E-state index is -4.53. The summed E-state index contributed by atoms with van der Waals surface area (Å²) in [5.41, 5.74) is 0.568. The van der Waals surface area contributed by atoms with Crippen LogP contribution in [0.15, 0.2) is 60.0 Å². The van der Waals surface area contributed by atoms with Gasteiger partial charge in [0.2, 0.25) is 5.91 Å². The van der Waals surface area contributed by atoms with Crippen LogP contribution in [0.4, 0.5) is 24.0 Å². The lowest BCUT2D eigenvalue weighted by molar-refractivity contribution is -0.137. The van der Waals surface area contributed by atoms with Crippen molar-refractivity contribution in [3.63, 3.8) is 0 Å². The van der Waals surface area contributed by atoms with E-state index in [1.807, 2.05) is 19.1 Å². The van der Waals surface area contributed by atoms with Gasteiger partial charge in [-0.2, -0.15) is 13.2 Å². The molecule has 0 aliphatic rings. The molecule has 0 saturated heterocycles. The van der Waals surface area contributed by atoms with E-state index in [9.17, 15) is 22.8 Å². The fourth-order valence-electron chi connectivity index (χ4n) is 2.61. The number of hydrogen-bond donors (Lipinski definition) is 0. The van der Waals surface area contributed by atoms with Gasteiger partial charge in [0.1, 0.15) is 5.75 Å². The van der Waals surface area contributed by atoms with Crippen molar-refractivity contribution in [3.05, 3.63) is 76.8 Å². The van der Waals surface area contributed by atoms with Crippen molar-refractivity contribution >= 4 is 40.1 Å². The van der Waals surface area contributed by atoms with E-state index in [1.165, 1.54) is 31.2 Å². The van der Waals surface area contributed by atoms with Gasteiger partial charge < -0.3 is 4.74 Å². The first kappa shape index (κ1) is 22.2. The zero-order valence-corrected chi connectivity index (χ0v) is 17.3. The Balaban J connectivity index is 1.77. The van der Waals surface area contributed by atoms with E-state index in [4.69, 9.17) is 4.74 Å². The Labute approximate surface area is 180 Å². The number of aromatic nitrogens is 1. The third-order valence-corrected chi connectivity index (χ3v) is 4.92. The Bertz CT molecular complexity index is 1120. The van der Waals surface area contributed by atoms with E-state index in [-0.39, 0.29) is 10.8 Å². The molecule has 0 unspecified atom stereocenters. The molecule has 0 aliphatic heterocycles. The smallest absolute Gasteiger partial charge is 0.416 e. The van der Waals surface area contributed by atoms with Gasteiger partial charge in [-0.25, -0.2) is 9.78 Å². The number of carbonyl (C=O) groups excluding carboxylic acids is 2. The molecular weight excluding hydrogens is 429 g/mol. The van der Waals surface area contributed by atoms with Crippen molar-refractivity contribution in [2.45, 2.75) is 20.0 Å². The Hall–Kier alpha value is -3.46. The van der Waals surface area contributed by atoms with Gasteiger partial charge >= 0.3 is 12.1 Å². The summed E-state index contributed by atoms with van der Waals surface area (Å²) < 4.78 is 44.2. The van der Waals surface area contributed by atoms with E-state index < -0.39 is 23.6 Å². The molecule has 3 rings (SSSR count). The maximum Gasteiger partial charge on any atom is 0.416 e. The number of halogens is 3. The van der Waals surface area contributed by atoms with Crippen LogP contribution in [0.25, 0.3) is 6.08 Å². The molecule has 0 N–H and O–H groups in total. The fraction of sp³-hybridized carbons (Fsp3) is 0.136. The Morgan fingerprint density at radius 2 is 1.84 bits per heavy atom. The maximum absolute atomic E-state index is 13.0. The summed E-state index contributed by atoms with van der Waals surface area (Å²) in [5.74, 6) is -0.714. The van der Waals surface area contributed by atoms with E-state index >= 15 is 0 Å². The highest BCUT2D eigenvalue weighted by atomic mass is 32.1. The molecular formula is C22H17F3N2O3S. The van der Waals surface area contributed by atoms with Crippen LogP contribution in [0.5, 0.6) is 5.75 Å². The van der Waals surface area contributed by atoms with Crippen molar-refractivity contribution in [3.8, 4) is 5.75 Å². The quantitative estimate of drug-likeness (QED) is 0.283. The normalized spacial score (nSPS) is 11.5. The second kappa shape index (κ2) is 9.13. The van der Waals surface area contributed by atoms with Gasteiger partial charge in [-0.15, -0.1) is 11.3 Å². The minimum absolute atomic E-state index is 0.0472. The Kier molecular flexibility index (Phi) is 6.55. The summed E-state index contributed by atoms with van der Waals surface area (Å²) in [5, 5.41) is 1.76. The van der Waals surface area contributed by atoms with Crippen LogP contribution in [0.3, 0.4) is 0 Å². The molecule has 0 fully saturated rings. The molecule has 1 heterocycles. The molecule has 5 nitrogen and oxygen atoms in total. The molecule has 3 aromatic rings. The van der Waals surface area contributed by atoms with Crippen LogP contribution in [0.2, 0.25) is 0 Å². The zero-order valence-electron chi connectivity index (χ0n) is 16.5. The number of alkyl halides is 3. The maximum atomic E-state index is 13.0. The van der Waals surface area contributed by atoms with E-state index in [2.05, 4.69) is 4.98 Å². The Morgan fingerprint density at radius 3 is 2.48 bits per heavy atom. The number of anilines is 2. The van der Waals surface area contributed by atoms with Crippen LogP contribution in [0, 0.1) is 6.92 Å². The molecule has 31 heavy (non-hydrogen) atoms. The number of amides is 1. The van der Waals surface area contributed by atoms with Gasteiger partial charge in [-0.3, -0.25) is 9.69 Å². The first-order valence-corrected chi connectivity index (χ1v) is 9.91. The first-order valence-electron chi connectivity index (χ1n) is 9.03. The van der Waals surface area contributed by atoms with Gasteiger partial charge in [-0.05, 0) is 43.3 Å². The minimum Gasteiger partial charge on any atom is -0.423 e. The molecule has 160 valence electrons. The first-order chi connectivity index (χ1) is 14.6. The lowest BCUT2D eigenvalue weighted by Crippen LogP contribution is -2.23. The lowest BCUT2D eigenvalue weighted by atomic mass is 10.2. The summed E-state index contributed by atoms with van der Waals surface area (Å²) in [6.07, 6.45) is -1.95. The van der Waals surface area contributed by atoms with Gasteiger partial charge in [0.25, 0.3) is 0 Å². The van der Waals surface area contributed by atoms with Crippen LogP contribution < -0.4 is 9.64 Å². The molecule has 1 amide bonds. The van der Waals surface area contributed by atoms with Crippen LogP contribution >= 0.6 is 11.3 Å². The fourth-order valence-corrected chi connectivity index (χ4v) is 3.47. The third kappa shape index (κ3) is 5.79. The molecule has 0 aliphatic carbocycles. The number of esters is 1. The second-order valence-corrected chi connectivity index (χ2v) is 7.36. The number of thiazole rings is 1. The monoisotopic (exact) mass is 446 g/mol. The van der Waals surface area contributed by atoms with Crippen molar-refractivity contribution in [1.82, 2.24) is 4.98 Å². The highest BCUT2D eigenvalue weighted by Gasteiger charge is 2.31. The van der Waals surface area contributed by atoms with Gasteiger partial charge in [0.05, 0.1) is 16.9 Å². The van der Waals surface area contributed by atoms with Crippen LogP contribution in [-0.4, -0.2) is 16.9 Å². The number of benzene rings is 2. The average Bonchev–Trinajstić information content (AvgIpc) is 3.16. The number of ether oxygens (including phenoxy) is 1. The SMILES string of the molecule is CC(=O)N(c1cccc(C(F)(F)F)c1)c1nc(/C=C/C(=O)Oc2ccc(C)cc2)cs1. The lowest BCUT2D eigenvalue weighted by Gasteiger charge is -2.19. The molecule has 0 atom stereocenters. The predicted octanol–water partition coefficient (Wildman–Crippen LogP) is 5.77. The molecule has 0 spiro atoms. The van der Waals surface area contributed by atoms with Crippen molar-refractivity contribution in [2.75, 3.05) is 4.90 Å². The summed E-state index contributed by atoms with van der Waals surface area (Å²) in [6, 6.07) is 11.4. The number of rotatable bonds is 5. The number of nitrogens with zero attached hydrogens (tertiary/aromatic N) is 2. The number of aryl methyl sites for hydroxylation is 1. The molecule has 0 radical (unpaired) electrons. The number of hydrogen-bond acceptors (Lipinski definition) is 5. The second-order valence-electron chi connectivity index (χ2n) is 6.52. The van der Waals surface area contributed by atoms with Gasteiger partial charge in [-0.1, -0.05) is 23.8 Å². The van der Waals surface area contributed by atoms with Crippen LogP contribution in [0.1, 0.15) is 23.7 Å². The number of carbonyl (C=O) groups is 2. The van der Waals surface area contributed by atoms with Gasteiger partial charge in [0.15, 0.2) is 5.13 Å². The summed E-state index contributed by atoms with van der Waals surface area (Å²) in [7, 11) is 0. The highest BCUT2D eigenvalue weighted by Crippen LogP contribution is 2.35. The van der Waals surface area contributed by atoms with Crippen molar-refractivity contribution < 1.29 is 27.5 Å². The van der Waals surface area contributed by atoms with E-state index in [0.29, 0.717) is 11.4 Å². The molecule has 0 bridgehead atoms. The molecule has 9 heteroatoms. The van der Waals surface area contributed by atoms with E-state index in [1.54, 1.807) is 17.5 Å². The Morgan fingerprint density at radius 1 is 1.13 bits per heavy atom.